The van der Waals surface area contributed by atoms with Gasteiger partial charge in [-0.1, -0.05) is 129 Å². The van der Waals surface area contributed by atoms with Gasteiger partial charge in [-0.3, -0.25) is 0 Å². The maximum atomic E-state index is 3.97. The quantitative estimate of drug-likeness (QED) is 0.133. The van der Waals surface area contributed by atoms with Crippen molar-refractivity contribution in [3.05, 3.63) is 201 Å². The van der Waals surface area contributed by atoms with E-state index in [9.17, 15) is 0 Å². The zero-order valence-corrected chi connectivity index (χ0v) is 27.7. The number of benzene rings is 6. The lowest BCUT2D eigenvalue weighted by Crippen LogP contribution is -2.10. The SMILES string of the molecule is C=C/C=C(\C=C)c1ccc(N(c2ccc(/C(C=C)=C/C)cc2)c2ccc(-c3ccc(N(C)c4ccc5ccccc5c4)cc3)cc2)cc1. The van der Waals surface area contributed by atoms with E-state index < -0.39 is 0 Å². The topological polar surface area (TPSA) is 6.48 Å². The molecule has 0 spiro atoms. The molecular weight excluding hydrogens is 581 g/mol. The molecule has 0 aliphatic rings. The Balaban J connectivity index is 1.29. The highest BCUT2D eigenvalue weighted by Gasteiger charge is 2.14. The third-order valence-electron chi connectivity index (χ3n) is 8.80. The first kappa shape index (κ1) is 31.8. The summed E-state index contributed by atoms with van der Waals surface area (Å²) < 4.78 is 0. The van der Waals surface area contributed by atoms with Gasteiger partial charge in [0.25, 0.3) is 0 Å². The van der Waals surface area contributed by atoms with Gasteiger partial charge >= 0.3 is 0 Å². The molecule has 234 valence electrons. The van der Waals surface area contributed by atoms with Crippen LogP contribution in [0.5, 0.6) is 0 Å². The van der Waals surface area contributed by atoms with Crippen LogP contribution in [-0.4, -0.2) is 7.05 Å². The van der Waals surface area contributed by atoms with E-state index >= 15 is 0 Å². The second-order valence-electron chi connectivity index (χ2n) is 11.6. The average Bonchev–Trinajstić information content (AvgIpc) is 3.15. The van der Waals surface area contributed by atoms with Crippen molar-refractivity contribution in [1.29, 1.82) is 0 Å². The van der Waals surface area contributed by atoms with E-state index in [4.69, 9.17) is 0 Å². The Morgan fingerprint density at radius 3 is 1.46 bits per heavy atom. The van der Waals surface area contributed by atoms with Gasteiger partial charge in [0, 0.05) is 35.5 Å². The molecule has 0 radical (unpaired) electrons. The molecule has 0 bridgehead atoms. The molecule has 0 unspecified atom stereocenters. The summed E-state index contributed by atoms with van der Waals surface area (Å²) in [4.78, 5) is 4.51. The standard InChI is InChI=1S/C46H40N2/c1-6-12-35(9-4)38-19-28-44(29-20-38)48(43-26-17-37(18-27-43)34(7-2)8-3)45-30-21-40(22-31-45)39-15-24-42(25-16-39)47(5)46-32-23-36-13-10-11-14-41(36)33-46/h6-33H,1-2,4H2,3,5H3/b34-8+,35-12+. The third kappa shape index (κ3) is 6.70. The van der Waals surface area contributed by atoms with Gasteiger partial charge in [0.1, 0.15) is 0 Å². The highest BCUT2D eigenvalue weighted by Crippen LogP contribution is 2.37. The van der Waals surface area contributed by atoms with Crippen LogP contribution < -0.4 is 9.80 Å². The van der Waals surface area contributed by atoms with Crippen LogP contribution in [0.4, 0.5) is 28.4 Å². The molecule has 0 fully saturated rings. The molecule has 0 atom stereocenters. The fraction of sp³-hybridized carbons (Fsp3) is 0.0435. The summed E-state index contributed by atoms with van der Waals surface area (Å²) in [6, 6.07) is 49.9. The number of rotatable bonds is 11. The molecule has 0 heterocycles. The summed E-state index contributed by atoms with van der Waals surface area (Å²) in [5, 5.41) is 2.49. The Kier molecular flexibility index (Phi) is 9.64. The van der Waals surface area contributed by atoms with Crippen LogP contribution >= 0.6 is 0 Å². The molecule has 6 rings (SSSR count). The van der Waals surface area contributed by atoms with Crippen LogP contribution in [0.25, 0.3) is 33.0 Å². The van der Waals surface area contributed by atoms with Gasteiger partial charge in [-0.15, -0.1) is 0 Å². The lowest BCUT2D eigenvalue weighted by molar-refractivity contribution is 1.21. The normalized spacial score (nSPS) is 11.6. The van der Waals surface area contributed by atoms with Gasteiger partial charge in [0.2, 0.25) is 0 Å². The van der Waals surface area contributed by atoms with E-state index in [-0.39, 0.29) is 0 Å². The Hall–Kier alpha value is -6.12. The van der Waals surface area contributed by atoms with Crippen molar-refractivity contribution in [3.8, 4) is 11.1 Å². The van der Waals surface area contributed by atoms with Crippen LogP contribution in [0.3, 0.4) is 0 Å². The van der Waals surface area contributed by atoms with Crippen LogP contribution in [-0.2, 0) is 0 Å². The van der Waals surface area contributed by atoms with E-state index in [1.165, 1.54) is 16.3 Å². The maximum absolute atomic E-state index is 3.97. The lowest BCUT2D eigenvalue weighted by Gasteiger charge is -2.26. The molecule has 2 heteroatoms. The second-order valence-corrected chi connectivity index (χ2v) is 11.6. The van der Waals surface area contributed by atoms with Gasteiger partial charge in [-0.25, -0.2) is 0 Å². The predicted octanol–water partition coefficient (Wildman–Crippen LogP) is 13.1. The monoisotopic (exact) mass is 620 g/mol. The van der Waals surface area contributed by atoms with E-state index in [0.29, 0.717) is 0 Å². The Morgan fingerprint density at radius 1 is 0.500 bits per heavy atom. The minimum absolute atomic E-state index is 1.04. The smallest absolute Gasteiger partial charge is 0.0462 e. The first-order valence-corrected chi connectivity index (χ1v) is 16.2. The van der Waals surface area contributed by atoms with Crippen LogP contribution in [0, 0.1) is 0 Å². The minimum atomic E-state index is 1.04. The van der Waals surface area contributed by atoms with Gasteiger partial charge in [-0.05, 0) is 112 Å². The number of anilines is 5. The highest BCUT2D eigenvalue weighted by molar-refractivity contribution is 5.87. The van der Waals surface area contributed by atoms with E-state index in [0.717, 1.165) is 56.3 Å². The summed E-state index contributed by atoms with van der Waals surface area (Å²) >= 11 is 0. The Labute approximate surface area is 285 Å². The van der Waals surface area contributed by atoms with Crippen molar-refractivity contribution in [2.45, 2.75) is 6.92 Å². The summed E-state index contributed by atoms with van der Waals surface area (Å²) in [6.45, 7) is 13.8. The first-order chi connectivity index (χ1) is 23.5. The number of fused-ring (bicyclic) bond motifs is 1. The fourth-order valence-corrected chi connectivity index (χ4v) is 6.08. The van der Waals surface area contributed by atoms with Gasteiger partial charge in [0.05, 0.1) is 0 Å². The molecule has 0 saturated heterocycles. The van der Waals surface area contributed by atoms with Crippen molar-refractivity contribution < 1.29 is 0 Å². The molecule has 6 aromatic carbocycles. The first-order valence-electron chi connectivity index (χ1n) is 16.2. The fourth-order valence-electron chi connectivity index (χ4n) is 6.08. The third-order valence-corrected chi connectivity index (χ3v) is 8.80. The van der Waals surface area contributed by atoms with Gasteiger partial charge < -0.3 is 9.80 Å². The largest absolute Gasteiger partial charge is 0.345 e. The van der Waals surface area contributed by atoms with Crippen LogP contribution in [0.1, 0.15) is 18.1 Å². The van der Waals surface area contributed by atoms with Crippen molar-refractivity contribution in [1.82, 2.24) is 0 Å². The highest BCUT2D eigenvalue weighted by atomic mass is 15.1. The van der Waals surface area contributed by atoms with Crippen molar-refractivity contribution >= 4 is 50.4 Å². The molecule has 0 aromatic heterocycles. The van der Waals surface area contributed by atoms with E-state index in [1.807, 2.05) is 25.2 Å². The molecule has 0 aliphatic carbocycles. The van der Waals surface area contributed by atoms with Crippen LogP contribution in [0.15, 0.2) is 190 Å². The second kappa shape index (κ2) is 14.5. The molecule has 6 aromatic rings. The zero-order valence-electron chi connectivity index (χ0n) is 27.7. The minimum Gasteiger partial charge on any atom is -0.345 e. The lowest BCUT2D eigenvalue weighted by atomic mass is 10.0. The summed E-state index contributed by atoms with van der Waals surface area (Å²) in [5.74, 6) is 0. The molecule has 2 nitrogen and oxygen atoms in total. The average molecular weight is 621 g/mol. The van der Waals surface area contributed by atoms with E-state index in [1.54, 1.807) is 6.08 Å². The predicted molar refractivity (Wildman–Crippen MR) is 211 cm³/mol. The number of allylic oxidation sites excluding steroid dienone is 7. The molecule has 0 aliphatic heterocycles. The molecule has 0 saturated carbocycles. The summed E-state index contributed by atoms with van der Waals surface area (Å²) in [7, 11) is 2.12. The Bertz CT molecular complexity index is 2110. The van der Waals surface area contributed by atoms with E-state index in [2.05, 4.69) is 182 Å². The number of hydrogen-bond acceptors (Lipinski definition) is 2. The summed E-state index contributed by atoms with van der Waals surface area (Å²) in [6.07, 6.45) is 9.60. The summed E-state index contributed by atoms with van der Waals surface area (Å²) in [5.41, 5.74) is 12.2. The van der Waals surface area contributed by atoms with Crippen molar-refractivity contribution in [2.24, 2.45) is 0 Å². The maximum Gasteiger partial charge on any atom is 0.0462 e. The number of hydrogen-bond donors (Lipinski definition) is 0. The Morgan fingerprint density at radius 2 is 0.958 bits per heavy atom. The van der Waals surface area contributed by atoms with Gasteiger partial charge in [0.15, 0.2) is 0 Å². The van der Waals surface area contributed by atoms with Crippen molar-refractivity contribution in [2.75, 3.05) is 16.8 Å². The van der Waals surface area contributed by atoms with Gasteiger partial charge in [-0.2, -0.15) is 0 Å². The molecular formula is C46H40N2. The molecule has 0 N–H and O–H groups in total. The molecule has 48 heavy (non-hydrogen) atoms. The molecule has 0 amide bonds. The number of nitrogens with zero attached hydrogens (tertiary/aromatic N) is 2. The van der Waals surface area contributed by atoms with Crippen molar-refractivity contribution in [3.63, 3.8) is 0 Å². The van der Waals surface area contributed by atoms with Crippen LogP contribution in [0.2, 0.25) is 0 Å². The zero-order chi connectivity index (χ0) is 33.5.